The van der Waals surface area contributed by atoms with Crippen molar-refractivity contribution in [1.29, 1.82) is 0 Å². The van der Waals surface area contributed by atoms with E-state index in [2.05, 4.69) is 0 Å². The first kappa shape index (κ1) is 17.9. The van der Waals surface area contributed by atoms with E-state index in [1.807, 2.05) is 32.0 Å². The molecule has 2 aromatic rings. The smallest absolute Gasteiger partial charge is 0.311 e. The van der Waals surface area contributed by atoms with Crippen LogP contribution in [0.5, 0.6) is 23.0 Å². The van der Waals surface area contributed by atoms with Crippen LogP contribution in [0.25, 0.3) is 10.8 Å². The Labute approximate surface area is 142 Å². The molecule has 5 heteroatoms. The molecule has 0 aliphatic heterocycles. The zero-order valence-corrected chi connectivity index (χ0v) is 14.9. The van der Waals surface area contributed by atoms with Crippen molar-refractivity contribution in [3.8, 4) is 23.0 Å². The number of carbonyl (C=O) groups is 1. The van der Waals surface area contributed by atoms with Crippen LogP contribution in [0.2, 0.25) is 0 Å². The summed E-state index contributed by atoms with van der Waals surface area (Å²) in [4.78, 5) is 11.9. The molecule has 0 aromatic heterocycles. The van der Waals surface area contributed by atoms with E-state index in [1.54, 1.807) is 14.0 Å². The fourth-order valence-corrected chi connectivity index (χ4v) is 2.50. The second-order valence-electron chi connectivity index (χ2n) is 5.45. The molecule has 130 valence electrons. The number of carbonyl (C=O) groups excluding carboxylic acids is 1. The van der Waals surface area contributed by atoms with E-state index in [4.69, 9.17) is 18.9 Å². The number of benzene rings is 2. The van der Waals surface area contributed by atoms with Crippen LogP contribution in [-0.2, 0) is 4.79 Å². The van der Waals surface area contributed by atoms with Gasteiger partial charge in [-0.15, -0.1) is 0 Å². The third kappa shape index (κ3) is 3.40. The predicted molar refractivity (Wildman–Crippen MR) is 93.5 cm³/mol. The molecule has 0 atom stereocenters. The fourth-order valence-electron chi connectivity index (χ4n) is 2.50. The molecule has 0 unspecified atom stereocenters. The van der Waals surface area contributed by atoms with Gasteiger partial charge in [0.05, 0.1) is 20.8 Å². The molecule has 0 heterocycles. The van der Waals surface area contributed by atoms with E-state index in [0.717, 1.165) is 22.8 Å². The zero-order chi connectivity index (χ0) is 17.7. The SMILES string of the molecule is CCCOc1c(OC)c(OC)c(OC(=O)CC)c2cc(C)ccc12. The number of ether oxygens (including phenoxy) is 4. The third-order valence-electron chi connectivity index (χ3n) is 3.65. The normalized spacial score (nSPS) is 10.5. The first-order valence-electron chi connectivity index (χ1n) is 8.09. The lowest BCUT2D eigenvalue weighted by molar-refractivity contribution is -0.134. The quantitative estimate of drug-likeness (QED) is 0.560. The maximum absolute atomic E-state index is 11.9. The van der Waals surface area contributed by atoms with Crippen molar-refractivity contribution in [3.63, 3.8) is 0 Å². The molecule has 0 aliphatic carbocycles. The largest absolute Gasteiger partial charge is 0.490 e. The number of hydrogen-bond acceptors (Lipinski definition) is 5. The molecule has 0 spiro atoms. The van der Waals surface area contributed by atoms with Gasteiger partial charge in [-0.05, 0) is 19.4 Å². The molecule has 0 fully saturated rings. The number of fused-ring (bicyclic) bond motifs is 1. The van der Waals surface area contributed by atoms with E-state index in [9.17, 15) is 4.79 Å². The maximum Gasteiger partial charge on any atom is 0.311 e. The van der Waals surface area contributed by atoms with Crippen molar-refractivity contribution >= 4 is 16.7 Å². The highest BCUT2D eigenvalue weighted by molar-refractivity contribution is 6.00. The van der Waals surface area contributed by atoms with E-state index >= 15 is 0 Å². The van der Waals surface area contributed by atoms with E-state index in [0.29, 0.717) is 29.6 Å². The minimum absolute atomic E-state index is 0.271. The average Bonchev–Trinajstić information content (AvgIpc) is 2.59. The summed E-state index contributed by atoms with van der Waals surface area (Å²) in [5, 5.41) is 1.59. The third-order valence-corrected chi connectivity index (χ3v) is 3.65. The van der Waals surface area contributed by atoms with Crippen LogP contribution in [0.3, 0.4) is 0 Å². The molecule has 0 N–H and O–H groups in total. The van der Waals surface area contributed by atoms with Gasteiger partial charge in [0.25, 0.3) is 0 Å². The maximum atomic E-state index is 11.9. The zero-order valence-electron chi connectivity index (χ0n) is 14.9. The summed E-state index contributed by atoms with van der Waals surface area (Å²) in [6.07, 6.45) is 1.14. The predicted octanol–water partition coefficient (Wildman–Crippen LogP) is 4.27. The van der Waals surface area contributed by atoms with Gasteiger partial charge in [-0.25, -0.2) is 0 Å². The van der Waals surface area contributed by atoms with Crippen LogP contribution in [0, 0.1) is 6.92 Å². The van der Waals surface area contributed by atoms with Crippen molar-refractivity contribution in [2.75, 3.05) is 20.8 Å². The molecule has 0 radical (unpaired) electrons. The van der Waals surface area contributed by atoms with Gasteiger partial charge >= 0.3 is 5.97 Å². The molecule has 24 heavy (non-hydrogen) atoms. The Morgan fingerprint density at radius 2 is 1.62 bits per heavy atom. The Balaban J connectivity index is 2.82. The van der Waals surface area contributed by atoms with Gasteiger partial charge in [-0.2, -0.15) is 0 Å². The van der Waals surface area contributed by atoms with Crippen LogP contribution in [0.4, 0.5) is 0 Å². The number of esters is 1. The van der Waals surface area contributed by atoms with Gasteiger partial charge in [0, 0.05) is 17.2 Å². The van der Waals surface area contributed by atoms with E-state index in [1.165, 1.54) is 7.11 Å². The second kappa shape index (κ2) is 7.90. The summed E-state index contributed by atoms with van der Waals surface area (Å²) in [6.45, 7) is 6.32. The molecule has 0 saturated carbocycles. The Morgan fingerprint density at radius 1 is 0.958 bits per heavy atom. The first-order chi connectivity index (χ1) is 11.6. The van der Waals surface area contributed by atoms with Crippen LogP contribution < -0.4 is 18.9 Å². The minimum Gasteiger partial charge on any atom is -0.490 e. The van der Waals surface area contributed by atoms with Crippen LogP contribution in [-0.4, -0.2) is 26.8 Å². The summed E-state index contributed by atoms with van der Waals surface area (Å²) in [5.74, 6) is 1.43. The van der Waals surface area contributed by atoms with E-state index in [-0.39, 0.29) is 12.4 Å². The van der Waals surface area contributed by atoms with Gasteiger partial charge in [0.1, 0.15) is 0 Å². The topological polar surface area (TPSA) is 54.0 Å². The van der Waals surface area contributed by atoms with Crippen molar-refractivity contribution in [2.45, 2.75) is 33.6 Å². The first-order valence-corrected chi connectivity index (χ1v) is 8.09. The molecule has 0 saturated heterocycles. The fraction of sp³-hybridized carbons (Fsp3) is 0.421. The number of hydrogen-bond donors (Lipinski definition) is 0. The summed E-state index contributed by atoms with van der Waals surface area (Å²) in [7, 11) is 3.06. The van der Waals surface area contributed by atoms with Gasteiger partial charge < -0.3 is 18.9 Å². The van der Waals surface area contributed by atoms with Crippen LogP contribution >= 0.6 is 0 Å². The summed E-state index contributed by atoms with van der Waals surface area (Å²) < 4.78 is 22.5. The highest BCUT2D eigenvalue weighted by Gasteiger charge is 2.25. The van der Waals surface area contributed by atoms with Gasteiger partial charge in [-0.3, -0.25) is 4.79 Å². The lowest BCUT2D eigenvalue weighted by Gasteiger charge is -2.20. The second-order valence-corrected chi connectivity index (χ2v) is 5.45. The molecular formula is C19H24O5. The molecule has 5 nitrogen and oxygen atoms in total. The number of rotatable bonds is 7. The molecule has 0 bridgehead atoms. The van der Waals surface area contributed by atoms with Crippen LogP contribution in [0.15, 0.2) is 18.2 Å². The standard InChI is InChI=1S/C19H24O5/c1-6-10-23-16-13-9-8-12(3)11-14(13)17(24-15(20)7-2)19(22-5)18(16)21-4/h8-9,11H,6-7,10H2,1-5H3. The highest BCUT2D eigenvalue weighted by atomic mass is 16.6. The molecule has 2 rings (SSSR count). The summed E-state index contributed by atoms with van der Waals surface area (Å²) >= 11 is 0. The average molecular weight is 332 g/mol. The lowest BCUT2D eigenvalue weighted by atomic mass is 10.0. The van der Waals surface area contributed by atoms with Crippen molar-refractivity contribution in [2.24, 2.45) is 0 Å². The Kier molecular flexibility index (Phi) is 5.90. The van der Waals surface area contributed by atoms with Crippen molar-refractivity contribution < 1.29 is 23.7 Å². The van der Waals surface area contributed by atoms with Crippen molar-refractivity contribution in [3.05, 3.63) is 23.8 Å². The molecule has 0 aliphatic rings. The van der Waals surface area contributed by atoms with Gasteiger partial charge in [0.15, 0.2) is 11.5 Å². The van der Waals surface area contributed by atoms with Gasteiger partial charge in [0.2, 0.25) is 11.5 Å². The molecular weight excluding hydrogens is 308 g/mol. The lowest BCUT2D eigenvalue weighted by Crippen LogP contribution is -2.09. The van der Waals surface area contributed by atoms with Gasteiger partial charge in [-0.1, -0.05) is 31.5 Å². The van der Waals surface area contributed by atoms with Crippen LogP contribution in [0.1, 0.15) is 32.3 Å². The molecule has 2 aromatic carbocycles. The highest BCUT2D eigenvalue weighted by Crippen LogP contribution is 2.51. The van der Waals surface area contributed by atoms with Crippen molar-refractivity contribution in [1.82, 2.24) is 0 Å². The Morgan fingerprint density at radius 3 is 2.21 bits per heavy atom. The summed E-state index contributed by atoms with van der Waals surface area (Å²) in [6, 6.07) is 5.88. The Hall–Kier alpha value is -2.43. The Bertz CT molecular complexity index is 736. The minimum atomic E-state index is -0.333. The summed E-state index contributed by atoms with van der Waals surface area (Å²) in [5.41, 5.74) is 1.05. The molecule has 0 amide bonds. The monoisotopic (exact) mass is 332 g/mol. The number of aryl methyl sites for hydroxylation is 1. The van der Waals surface area contributed by atoms with E-state index < -0.39 is 0 Å². The number of methoxy groups -OCH3 is 2.